The van der Waals surface area contributed by atoms with E-state index in [0.717, 1.165) is 5.57 Å². The number of allylic oxidation sites excluding steroid dienone is 1. The summed E-state index contributed by atoms with van der Waals surface area (Å²) in [5.41, 5.74) is -0.0404. The first-order valence-electron chi connectivity index (χ1n) is 7.83. The van der Waals surface area contributed by atoms with Gasteiger partial charge in [0.15, 0.2) is 5.43 Å². The molecule has 0 saturated carbocycles. The lowest BCUT2D eigenvalue weighted by atomic mass is 9.89. The van der Waals surface area contributed by atoms with Gasteiger partial charge in [-0.25, -0.2) is 4.79 Å². The van der Waals surface area contributed by atoms with Crippen molar-refractivity contribution in [3.63, 3.8) is 0 Å². The van der Waals surface area contributed by atoms with Gasteiger partial charge in [0.1, 0.15) is 16.9 Å². The predicted molar refractivity (Wildman–Crippen MR) is 90.8 cm³/mol. The maximum atomic E-state index is 12.9. The number of hydrogen-bond donors (Lipinski definition) is 0. The normalized spacial score (nSPS) is 18.2. The van der Waals surface area contributed by atoms with Crippen molar-refractivity contribution in [2.24, 2.45) is 0 Å². The van der Waals surface area contributed by atoms with E-state index < -0.39 is 23.5 Å². The Morgan fingerprint density at radius 3 is 2.64 bits per heavy atom. The van der Waals surface area contributed by atoms with Gasteiger partial charge in [-0.1, -0.05) is 5.57 Å². The molecule has 0 amide bonds. The first kappa shape index (κ1) is 17.0. The standard InChI is InChI=1S/C19H18O6/c1-10(2)7-16(21)24-18-17(22)12-9-14-11(13(20)5-6-23-14)8-15(12)25-19(18,3)4/h5-9,18H,1-4H3. The fourth-order valence-electron chi connectivity index (χ4n) is 2.76. The third kappa shape index (κ3) is 3.07. The van der Waals surface area contributed by atoms with Gasteiger partial charge in [0.2, 0.25) is 11.9 Å². The van der Waals surface area contributed by atoms with Crippen molar-refractivity contribution in [1.82, 2.24) is 0 Å². The highest BCUT2D eigenvalue weighted by Crippen LogP contribution is 2.36. The second kappa shape index (κ2) is 5.88. The number of fused-ring (bicyclic) bond motifs is 2. The number of esters is 1. The summed E-state index contributed by atoms with van der Waals surface area (Å²) in [6, 6.07) is 4.24. The van der Waals surface area contributed by atoms with Crippen molar-refractivity contribution in [3.05, 3.63) is 51.9 Å². The van der Waals surface area contributed by atoms with Crippen LogP contribution in [-0.2, 0) is 9.53 Å². The van der Waals surface area contributed by atoms with E-state index in [1.807, 2.05) is 0 Å². The molecule has 0 saturated heterocycles. The number of carbonyl (C=O) groups excluding carboxylic acids is 2. The molecule has 2 heterocycles. The topological polar surface area (TPSA) is 82.8 Å². The third-order valence-electron chi connectivity index (χ3n) is 3.91. The van der Waals surface area contributed by atoms with Gasteiger partial charge in [-0.05, 0) is 39.8 Å². The van der Waals surface area contributed by atoms with Crippen molar-refractivity contribution >= 4 is 22.7 Å². The van der Waals surface area contributed by atoms with E-state index in [1.54, 1.807) is 27.7 Å². The predicted octanol–water partition coefficient (Wildman–Crippen LogP) is 3.02. The first-order chi connectivity index (χ1) is 11.7. The van der Waals surface area contributed by atoms with Crippen LogP contribution in [-0.4, -0.2) is 23.5 Å². The fourth-order valence-corrected chi connectivity index (χ4v) is 2.76. The summed E-state index contributed by atoms with van der Waals surface area (Å²) < 4.78 is 16.5. The van der Waals surface area contributed by atoms with Crippen LogP contribution in [0.3, 0.4) is 0 Å². The lowest BCUT2D eigenvalue weighted by Gasteiger charge is -2.37. The molecule has 1 unspecified atom stereocenters. The van der Waals surface area contributed by atoms with Gasteiger partial charge < -0.3 is 13.9 Å². The lowest BCUT2D eigenvalue weighted by molar-refractivity contribution is -0.150. The largest absolute Gasteiger partial charge is 0.483 e. The minimum atomic E-state index is -1.10. The molecule has 0 N–H and O–H groups in total. The number of ketones is 1. The van der Waals surface area contributed by atoms with Crippen molar-refractivity contribution in [1.29, 1.82) is 0 Å². The fraction of sp³-hybridized carbons (Fsp3) is 0.316. The third-order valence-corrected chi connectivity index (χ3v) is 3.91. The molecule has 6 nitrogen and oxygen atoms in total. The van der Waals surface area contributed by atoms with Gasteiger partial charge in [-0.15, -0.1) is 0 Å². The van der Waals surface area contributed by atoms with Gasteiger partial charge in [0.05, 0.1) is 17.2 Å². The highest BCUT2D eigenvalue weighted by Gasteiger charge is 2.46. The van der Waals surface area contributed by atoms with Crippen LogP contribution in [0.25, 0.3) is 11.0 Å². The molecular weight excluding hydrogens is 324 g/mol. The molecule has 3 rings (SSSR count). The molecule has 1 aliphatic heterocycles. The van der Waals surface area contributed by atoms with Crippen LogP contribution in [0.4, 0.5) is 0 Å². The Kier molecular flexibility index (Phi) is 3.99. The summed E-state index contributed by atoms with van der Waals surface area (Å²) in [5, 5.41) is 0.324. The SMILES string of the molecule is CC(C)=CC(=O)OC1C(=O)c2cc3occc(=O)c3cc2OC1(C)C. The van der Waals surface area contributed by atoms with E-state index in [1.165, 1.54) is 30.5 Å². The molecule has 25 heavy (non-hydrogen) atoms. The zero-order valence-corrected chi connectivity index (χ0v) is 14.4. The van der Waals surface area contributed by atoms with Crippen LogP contribution in [0.2, 0.25) is 0 Å². The molecule has 2 aromatic rings. The van der Waals surface area contributed by atoms with Crippen LogP contribution in [0, 0.1) is 0 Å². The monoisotopic (exact) mass is 342 g/mol. The Hall–Kier alpha value is -2.89. The molecule has 1 aromatic heterocycles. The Balaban J connectivity index is 2.07. The zero-order valence-electron chi connectivity index (χ0n) is 14.4. The van der Waals surface area contributed by atoms with Gasteiger partial charge in [0.25, 0.3) is 0 Å². The Bertz CT molecular complexity index is 960. The number of carbonyl (C=O) groups is 2. The van der Waals surface area contributed by atoms with Gasteiger partial charge in [-0.2, -0.15) is 0 Å². The molecule has 0 aliphatic carbocycles. The van der Waals surface area contributed by atoms with E-state index in [9.17, 15) is 14.4 Å². The van der Waals surface area contributed by atoms with Gasteiger partial charge in [0, 0.05) is 12.1 Å². The average Bonchev–Trinajstić information content (AvgIpc) is 2.50. The Morgan fingerprint density at radius 2 is 1.96 bits per heavy atom. The zero-order chi connectivity index (χ0) is 18.4. The average molecular weight is 342 g/mol. The molecule has 1 atom stereocenters. The lowest BCUT2D eigenvalue weighted by Crippen LogP contribution is -2.52. The van der Waals surface area contributed by atoms with E-state index in [4.69, 9.17) is 13.9 Å². The molecule has 0 fully saturated rings. The first-order valence-corrected chi connectivity index (χ1v) is 7.83. The maximum Gasteiger partial charge on any atom is 0.331 e. The molecule has 1 aromatic carbocycles. The summed E-state index contributed by atoms with van der Waals surface area (Å²) in [6.45, 7) is 6.84. The molecule has 0 bridgehead atoms. The summed E-state index contributed by atoms with van der Waals surface area (Å²) in [7, 11) is 0. The number of Topliss-reactive ketones (excluding diaryl/α,β-unsaturated/α-hetero) is 1. The molecule has 0 radical (unpaired) electrons. The second-order valence-electron chi connectivity index (χ2n) is 6.74. The molecule has 0 spiro atoms. The second-order valence-corrected chi connectivity index (χ2v) is 6.74. The smallest absolute Gasteiger partial charge is 0.331 e. The van der Waals surface area contributed by atoms with Crippen LogP contribution in [0.15, 0.2) is 45.3 Å². The van der Waals surface area contributed by atoms with Crippen molar-refractivity contribution in [2.75, 3.05) is 0 Å². The molecule has 130 valence electrons. The van der Waals surface area contributed by atoms with E-state index in [-0.39, 0.29) is 22.3 Å². The summed E-state index contributed by atoms with van der Waals surface area (Å²) >= 11 is 0. The van der Waals surface area contributed by atoms with Crippen LogP contribution in [0.1, 0.15) is 38.1 Å². The Labute approximate surface area is 144 Å². The molecule has 6 heteroatoms. The highest BCUT2D eigenvalue weighted by atomic mass is 16.6. The molecular formula is C19H18O6. The minimum absolute atomic E-state index is 0.219. The van der Waals surface area contributed by atoms with Gasteiger partial charge >= 0.3 is 5.97 Å². The van der Waals surface area contributed by atoms with Crippen molar-refractivity contribution < 1.29 is 23.5 Å². The van der Waals surface area contributed by atoms with Crippen LogP contribution in [0.5, 0.6) is 5.75 Å². The van der Waals surface area contributed by atoms with Gasteiger partial charge in [-0.3, -0.25) is 9.59 Å². The quantitative estimate of drug-likeness (QED) is 0.616. The Morgan fingerprint density at radius 1 is 1.24 bits per heavy atom. The van der Waals surface area contributed by atoms with E-state index in [0.29, 0.717) is 5.39 Å². The van der Waals surface area contributed by atoms with Crippen molar-refractivity contribution in [3.8, 4) is 5.75 Å². The summed E-state index contributed by atoms with van der Waals surface area (Å²) in [6.07, 6.45) is 1.48. The number of benzene rings is 1. The van der Waals surface area contributed by atoms with Crippen molar-refractivity contribution in [2.45, 2.75) is 39.4 Å². The van der Waals surface area contributed by atoms with Crippen LogP contribution >= 0.6 is 0 Å². The summed E-state index contributed by atoms with van der Waals surface area (Å²) in [4.78, 5) is 36.8. The number of hydrogen-bond acceptors (Lipinski definition) is 6. The number of ether oxygens (including phenoxy) is 2. The highest BCUT2D eigenvalue weighted by molar-refractivity contribution is 6.07. The molecule has 1 aliphatic rings. The van der Waals surface area contributed by atoms with Crippen LogP contribution < -0.4 is 10.2 Å². The maximum absolute atomic E-state index is 12.9. The number of rotatable bonds is 2. The van der Waals surface area contributed by atoms with E-state index >= 15 is 0 Å². The summed E-state index contributed by atoms with van der Waals surface area (Å²) in [5.74, 6) is -0.725. The minimum Gasteiger partial charge on any atom is -0.483 e. The van der Waals surface area contributed by atoms with E-state index in [2.05, 4.69) is 0 Å².